The van der Waals surface area contributed by atoms with Crippen molar-refractivity contribution in [2.24, 2.45) is 0 Å². The van der Waals surface area contributed by atoms with E-state index in [4.69, 9.17) is 9.15 Å². The van der Waals surface area contributed by atoms with Crippen molar-refractivity contribution in [2.75, 3.05) is 26.2 Å². The molecule has 3 rings (SSSR count). The Labute approximate surface area is 212 Å². The van der Waals surface area contributed by atoms with E-state index in [-0.39, 0.29) is 19.6 Å². The minimum Gasteiger partial charge on any atom is -0.493 e. The average molecular weight is 516 g/mol. The van der Waals surface area contributed by atoms with Gasteiger partial charge in [0.2, 0.25) is 5.89 Å². The van der Waals surface area contributed by atoms with E-state index in [1.54, 1.807) is 38.1 Å². The lowest BCUT2D eigenvalue weighted by atomic mass is 10.1. The number of ether oxygens (including phenoxy) is 1. The van der Waals surface area contributed by atoms with Gasteiger partial charge in [-0.3, -0.25) is 4.79 Å². The molecule has 36 heavy (non-hydrogen) atoms. The fourth-order valence-electron chi connectivity index (χ4n) is 3.72. The van der Waals surface area contributed by atoms with Crippen molar-refractivity contribution in [1.82, 2.24) is 13.6 Å². The minimum atomic E-state index is -3.90. The number of carbonyl (C=O) groups is 1. The summed E-state index contributed by atoms with van der Waals surface area (Å²) in [7, 11) is -3.90. The molecule has 2 aromatic carbocycles. The maximum atomic E-state index is 12.9. The van der Waals surface area contributed by atoms with Crippen molar-refractivity contribution in [3.63, 3.8) is 0 Å². The maximum absolute atomic E-state index is 12.9. The lowest BCUT2D eigenvalue weighted by Gasteiger charge is -2.27. The van der Waals surface area contributed by atoms with Gasteiger partial charge in [0.1, 0.15) is 18.1 Å². The Bertz CT molecular complexity index is 1250. The number of carboxylic acids is 1. The monoisotopic (exact) mass is 515 g/mol. The van der Waals surface area contributed by atoms with Crippen LogP contribution in [0.15, 0.2) is 52.9 Å². The second kappa shape index (κ2) is 12.2. The van der Waals surface area contributed by atoms with Crippen molar-refractivity contribution in [2.45, 2.75) is 40.7 Å². The van der Waals surface area contributed by atoms with Crippen molar-refractivity contribution >= 4 is 16.2 Å². The Kier molecular flexibility index (Phi) is 9.25. The highest BCUT2D eigenvalue weighted by Gasteiger charge is 2.29. The summed E-state index contributed by atoms with van der Waals surface area (Å²) >= 11 is 0. The van der Waals surface area contributed by atoms with Crippen LogP contribution < -0.4 is 4.74 Å². The van der Waals surface area contributed by atoms with Crippen LogP contribution in [-0.4, -0.2) is 59.3 Å². The van der Waals surface area contributed by atoms with E-state index in [1.807, 2.05) is 38.1 Å². The third-order valence-corrected chi connectivity index (χ3v) is 7.83. The van der Waals surface area contributed by atoms with Crippen LogP contribution in [0.5, 0.6) is 5.75 Å². The second-order valence-corrected chi connectivity index (χ2v) is 10.3. The molecular formula is C26H33N3O6S. The summed E-state index contributed by atoms with van der Waals surface area (Å²) in [6.45, 7) is 7.60. The summed E-state index contributed by atoms with van der Waals surface area (Å²) in [6.07, 6.45) is 0.567. The molecule has 0 fully saturated rings. The molecule has 194 valence electrons. The van der Waals surface area contributed by atoms with Crippen LogP contribution in [0, 0.1) is 13.8 Å². The number of rotatable bonds is 13. The molecule has 0 bridgehead atoms. The molecule has 0 atom stereocenters. The molecule has 0 unspecified atom stereocenters. The van der Waals surface area contributed by atoms with E-state index in [0.717, 1.165) is 21.3 Å². The van der Waals surface area contributed by atoms with E-state index < -0.39 is 22.7 Å². The van der Waals surface area contributed by atoms with Gasteiger partial charge in [-0.15, -0.1) is 0 Å². The minimum absolute atomic E-state index is 0.0503. The van der Waals surface area contributed by atoms with Gasteiger partial charge in [0.15, 0.2) is 0 Å². The van der Waals surface area contributed by atoms with Gasteiger partial charge < -0.3 is 14.3 Å². The molecule has 9 nitrogen and oxygen atoms in total. The van der Waals surface area contributed by atoms with Crippen molar-refractivity contribution in [3.8, 4) is 17.2 Å². The van der Waals surface area contributed by atoms with Gasteiger partial charge >= 0.3 is 5.97 Å². The third kappa shape index (κ3) is 6.93. The predicted octanol–water partition coefficient (Wildman–Crippen LogP) is 4.05. The zero-order valence-electron chi connectivity index (χ0n) is 21.1. The van der Waals surface area contributed by atoms with Gasteiger partial charge in [0, 0.05) is 31.6 Å². The highest BCUT2D eigenvalue weighted by atomic mass is 32.2. The van der Waals surface area contributed by atoms with Gasteiger partial charge in [-0.1, -0.05) is 43.7 Å². The zero-order valence-corrected chi connectivity index (χ0v) is 21.9. The summed E-state index contributed by atoms with van der Waals surface area (Å²) in [5.41, 5.74) is 3.58. The zero-order chi connectivity index (χ0) is 26.3. The van der Waals surface area contributed by atoms with Gasteiger partial charge in [0.05, 0.1) is 12.3 Å². The first-order chi connectivity index (χ1) is 17.1. The van der Waals surface area contributed by atoms with E-state index in [2.05, 4.69) is 4.98 Å². The number of aliphatic carboxylic acids is 1. The summed E-state index contributed by atoms with van der Waals surface area (Å²) in [6, 6.07) is 14.9. The lowest BCUT2D eigenvalue weighted by molar-refractivity contribution is -0.137. The molecule has 0 saturated carbocycles. The first-order valence-electron chi connectivity index (χ1n) is 11.9. The first-order valence-corrected chi connectivity index (χ1v) is 13.3. The molecule has 1 N–H and O–H groups in total. The standard InChI is InChI=1S/C26H33N3O6S/c1-5-28(6-2)36(32,33)29(18-25(30)31)17-21-9-13-23(14-10-21)34-16-15-24-20(4)35-26(27-24)22-11-7-19(3)8-12-22/h7-14H,5-6,15-18H2,1-4H3,(H,30,31). The topological polar surface area (TPSA) is 113 Å². The van der Waals surface area contributed by atoms with Crippen LogP contribution in [0.25, 0.3) is 11.5 Å². The molecule has 3 aromatic rings. The summed E-state index contributed by atoms with van der Waals surface area (Å²) in [4.78, 5) is 15.9. The number of hydrogen-bond acceptors (Lipinski definition) is 6. The number of aromatic nitrogens is 1. The van der Waals surface area contributed by atoms with E-state index >= 15 is 0 Å². The molecule has 0 spiro atoms. The second-order valence-electron chi connectivity index (χ2n) is 8.38. The molecule has 0 saturated heterocycles. The number of oxazole rings is 1. The van der Waals surface area contributed by atoms with Crippen LogP contribution in [-0.2, 0) is 28.0 Å². The Morgan fingerprint density at radius 2 is 1.64 bits per heavy atom. The number of nitrogens with zero attached hydrogens (tertiary/aromatic N) is 3. The average Bonchev–Trinajstić information content (AvgIpc) is 3.21. The largest absolute Gasteiger partial charge is 0.493 e. The number of benzene rings is 2. The molecule has 0 amide bonds. The Hall–Kier alpha value is -3.21. The van der Waals surface area contributed by atoms with Crippen LogP contribution in [0.2, 0.25) is 0 Å². The van der Waals surface area contributed by atoms with Gasteiger partial charge in [0.25, 0.3) is 10.2 Å². The quantitative estimate of drug-likeness (QED) is 0.365. The third-order valence-electron chi connectivity index (χ3n) is 5.75. The van der Waals surface area contributed by atoms with Gasteiger partial charge in [-0.05, 0) is 43.7 Å². The molecular weight excluding hydrogens is 482 g/mol. The van der Waals surface area contributed by atoms with Crippen LogP contribution in [0.4, 0.5) is 0 Å². The molecule has 0 aliphatic carbocycles. The normalized spacial score (nSPS) is 11.8. The summed E-state index contributed by atoms with van der Waals surface area (Å²) in [5, 5.41) is 9.23. The fraction of sp³-hybridized carbons (Fsp3) is 0.385. The highest BCUT2D eigenvalue weighted by molar-refractivity contribution is 7.86. The smallest absolute Gasteiger partial charge is 0.318 e. The van der Waals surface area contributed by atoms with E-state index in [9.17, 15) is 18.3 Å². The van der Waals surface area contributed by atoms with Crippen molar-refractivity contribution in [3.05, 3.63) is 71.1 Å². The molecule has 1 aromatic heterocycles. The fourth-order valence-corrected chi connectivity index (χ4v) is 5.29. The van der Waals surface area contributed by atoms with Gasteiger partial charge in [-0.2, -0.15) is 17.0 Å². The van der Waals surface area contributed by atoms with Crippen LogP contribution in [0.1, 0.15) is 36.4 Å². The molecule has 1 heterocycles. The van der Waals surface area contributed by atoms with Crippen LogP contribution in [0.3, 0.4) is 0 Å². The Morgan fingerprint density at radius 1 is 1.00 bits per heavy atom. The van der Waals surface area contributed by atoms with E-state index in [0.29, 0.717) is 30.2 Å². The molecule has 0 aliphatic heterocycles. The lowest BCUT2D eigenvalue weighted by Crippen LogP contribution is -2.45. The molecule has 0 aliphatic rings. The number of hydrogen-bond donors (Lipinski definition) is 1. The number of aryl methyl sites for hydroxylation is 2. The first kappa shape index (κ1) is 27.4. The van der Waals surface area contributed by atoms with Crippen molar-refractivity contribution in [1.29, 1.82) is 0 Å². The maximum Gasteiger partial charge on any atom is 0.318 e. The Morgan fingerprint density at radius 3 is 2.22 bits per heavy atom. The summed E-state index contributed by atoms with van der Waals surface area (Å²) in [5.74, 6) is 0.740. The summed E-state index contributed by atoms with van der Waals surface area (Å²) < 4.78 is 39.6. The SMILES string of the molecule is CCN(CC)S(=O)(=O)N(CC(=O)O)Cc1ccc(OCCc2nc(-c3ccc(C)cc3)oc2C)cc1. The van der Waals surface area contributed by atoms with Gasteiger partial charge in [-0.25, -0.2) is 4.98 Å². The number of carboxylic acid groups (broad SMARTS) is 1. The molecule has 0 radical (unpaired) electrons. The highest BCUT2D eigenvalue weighted by Crippen LogP contribution is 2.23. The predicted molar refractivity (Wildman–Crippen MR) is 137 cm³/mol. The van der Waals surface area contributed by atoms with E-state index in [1.165, 1.54) is 9.87 Å². The molecule has 10 heteroatoms. The Balaban J connectivity index is 1.60. The van der Waals surface area contributed by atoms with Crippen molar-refractivity contribution < 1.29 is 27.5 Å². The van der Waals surface area contributed by atoms with Crippen LogP contribution >= 0.6 is 0 Å².